The molecule has 1 unspecified atom stereocenters. The van der Waals surface area contributed by atoms with Crippen LogP contribution in [0.4, 0.5) is 0 Å². The minimum Gasteiger partial charge on any atom is -0.342 e. The molecule has 0 aliphatic carbocycles. The number of hydrogen-bond donors (Lipinski definition) is 1. The predicted molar refractivity (Wildman–Crippen MR) is 73.5 cm³/mol. The van der Waals surface area contributed by atoms with Gasteiger partial charge in [-0.2, -0.15) is 0 Å². The molecule has 2 rings (SSSR count). The molecule has 2 N–H and O–H groups in total. The van der Waals surface area contributed by atoms with Crippen LogP contribution in [0.3, 0.4) is 0 Å². The summed E-state index contributed by atoms with van der Waals surface area (Å²) in [5.74, 6) is 0.665. The maximum atomic E-state index is 12.1. The molecule has 4 nitrogen and oxygen atoms in total. The fourth-order valence-electron chi connectivity index (χ4n) is 2.27. The van der Waals surface area contributed by atoms with Gasteiger partial charge in [-0.25, -0.2) is 0 Å². The number of aromatic nitrogens is 1. The summed E-state index contributed by atoms with van der Waals surface area (Å²) in [5, 5.41) is 0. The molecular formula is C13H20ClN3O. The van der Waals surface area contributed by atoms with Crippen LogP contribution in [0.15, 0.2) is 24.5 Å². The average molecular weight is 270 g/mol. The number of pyridine rings is 1. The Labute approximate surface area is 114 Å². The molecular weight excluding hydrogens is 250 g/mol. The van der Waals surface area contributed by atoms with Crippen molar-refractivity contribution >= 4 is 18.3 Å². The fraction of sp³-hybridized carbons (Fsp3) is 0.538. The van der Waals surface area contributed by atoms with Crippen LogP contribution in [0, 0.1) is 5.92 Å². The van der Waals surface area contributed by atoms with E-state index in [9.17, 15) is 4.79 Å². The van der Waals surface area contributed by atoms with Crippen LogP contribution in [0.2, 0.25) is 0 Å². The Bertz CT molecular complexity index is 372. The first-order valence-corrected chi connectivity index (χ1v) is 6.16. The molecule has 0 saturated carbocycles. The zero-order valence-corrected chi connectivity index (χ0v) is 11.2. The van der Waals surface area contributed by atoms with Gasteiger partial charge in [-0.1, -0.05) is 6.07 Å². The van der Waals surface area contributed by atoms with E-state index < -0.39 is 0 Å². The van der Waals surface area contributed by atoms with Crippen LogP contribution in [-0.4, -0.2) is 35.4 Å². The zero-order chi connectivity index (χ0) is 12.1. The Morgan fingerprint density at radius 1 is 1.56 bits per heavy atom. The van der Waals surface area contributed by atoms with Crippen LogP contribution in [0.1, 0.15) is 18.4 Å². The van der Waals surface area contributed by atoms with Gasteiger partial charge in [-0.15, -0.1) is 12.4 Å². The number of piperidine rings is 1. The Balaban J connectivity index is 0.00000162. The molecule has 1 aliphatic heterocycles. The predicted octanol–water partition coefficient (Wildman–Crippen LogP) is 1.24. The van der Waals surface area contributed by atoms with E-state index in [-0.39, 0.29) is 18.3 Å². The third kappa shape index (κ3) is 3.96. The van der Waals surface area contributed by atoms with Crippen molar-refractivity contribution in [1.29, 1.82) is 0 Å². The number of carbonyl (C=O) groups excluding carboxylic acids is 1. The SMILES string of the molecule is Cl.NCC1CCCN(C(=O)Cc2cccnc2)C1. The number of likely N-dealkylation sites (tertiary alicyclic amines) is 1. The average Bonchev–Trinajstić information content (AvgIpc) is 2.40. The highest BCUT2D eigenvalue weighted by molar-refractivity contribution is 5.85. The highest BCUT2D eigenvalue weighted by Crippen LogP contribution is 2.16. The highest BCUT2D eigenvalue weighted by Gasteiger charge is 2.22. The summed E-state index contributed by atoms with van der Waals surface area (Å²) in [6, 6.07) is 3.80. The first kappa shape index (κ1) is 14.9. The normalized spacial score (nSPS) is 19.2. The maximum Gasteiger partial charge on any atom is 0.227 e. The van der Waals surface area contributed by atoms with Crippen molar-refractivity contribution in [2.24, 2.45) is 11.7 Å². The van der Waals surface area contributed by atoms with Gasteiger partial charge < -0.3 is 10.6 Å². The molecule has 1 fully saturated rings. The van der Waals surface area contributed by atoms with E-state index in [1.807, 2.05) is 17.0 Å². The summed E-state index contributed by atoms with van der Waals surface area (Å²) in [6.45, 7) is 2.36. The van der Waals surface area contributed by atoms with E-state index in [1.54, 1.807) is 12.4 Å². The fourth-order valence-corrected chi connectivity index (χ4v) is 2.27. The van der Waals surface area contributed by atoms with Crippen molar-refractivity contribution in [1.82, 2.24) is 9.88 Å². The number of amides is 1. The molecule has 0 bridgehead atoms. The summed E-state index contributed by atoms with van der Waals surface area (Å²) in [6.07, 6.45) is 6.14. The summed E-state index contributed by atoms with van der Waals surface area (Å²) in [7, 11) is 0. The van der Waals surface area contributed by atoms with E-state index in [4.69, 9.17) is 5.73 Å². The van der Waals surface area contributed by atoms with Crippen LogP contribution in [0.5, 0.6) is 0 Å². The molecule has 1 amide bonds. The zero-order valence-electron chi connectivity index (χ0n) is 10.4. The smallest absolute Gasteiger partial charge is 0.227 e. The molecule has 0 aromatic carbocycles. The summed E-state index contributed by atoms with van der Waals surface area (Å²) in [5.41, 5.74) is 6.65. The van der Waals surface area contributed by atoms with Gasteiger partial charge in [0.1, 0.15) is 0 Å². The number of rotatable bonds is 3. The number of carbonyl (C=O) groups is 1. The largest absolute Gasteiger partial charge is 0.342 e. The lowest BCUT2D eigenvalue weighted by atomic mass is 9.98. The van der Waals surface area contributed by atoms with Crippen LogP contribution < -0.4 is 5.73 Å². The lowest BCUT2D eigenvalue weighted by Crippen LogP contribution is -2.42. The van der Waals surface area contributed by atoms with Crippen LogP contribution in [-0.2, 0) is 11.2 Å². The van der Waals surface area contributed by atoms with Crippen molar-refractivity contribution < 1.29 is 4.79 Å². The van der Waals surface area contributed by atoms with E-state index in [1.165, 1.54) is 0 Å². The molecule has 2 heterocycles. The van der Waals surface area contributed by atoms with E-state index >= 15 is 0 Å². The van der Waals surface area contributed by atoms with Crippen molar-refractivity contribution in [3.8, 4) is 0 Å². The van der Waals surface area contributed by atoms with Gasteiger partial charge in [0.2, 0.25) is 5.91 Å². The van der Waals surface area contributed by atoms with Gasteiger partial charge >= 0.3 is 0 Å². The molecule has 1 aromatic rings. The van der Waals surface area contributed by atoms with Gasteiger partial charge in [0, 0.05) is 25.5 Å². The summed E-state index contributed by atoms with van der Waals surface area (Å²) >= 11 is 0. The molecule has 0 radical (unpaired) electrons. The van der Waals surface area contributed by atoms with Gasteiger partial charge in [-0.3, -0.25) is 9.78 Å². The van der Waals surface area contributed by atoms with Gasteiger partial charge in [0.15, 0.2) is 0 Å². The topological polar surface area (TPSA) is 59.2 Å². The molecule has 1 saturated heterocycles. The second kappa shape index (κ2) is 7.34. The first-order valence-electron chi connectivity index (χ1n) is 6.16. The Hall–Kier alpha value is -1.13. The Morgan fingerprint density at radius 2 is 2.39 bits per heavy atom. The summed E-state index contributed by atoms with van der Waals surface area (Å²) < 4.78 is 0. The first-order chi connectivity index (χ1) is 8.29. The van der Waals surface area contributed by atoms with E-state index in [2.05, 4.69) is 4.98 Å². The quantitative estimate of drug-likeness (QED) is 0.898. The minimum atomic E-state index is 0. The number of halogens is 1. The lowest BCUT2D eigenvalue weighted by molar-refractivity contribution is -0.132. The standard InChI is InChI=1S/C13H19N3O.ClH/c14-8-12-4-2-6-16(10-12)13(17)7-11-3-1-5-15-9-11;/h1,3,5,9,12H,2,4,6-8,10,14H2;1H. The Kier molecular flexibility index (Phi) is 6.09. The maximum absolute atomic E-state index is 12.1. The molecule has 5 heteroatoms. The van der Waals surface area contributed by atoms with E-state index in [0.29, 0.717) is 18.9 Å². The second-order valence-electron chi connectivity index (χ2n) is 4.62. The summed E-state index contributed by atoms with van der Waals surface area (Å²) in [4.78, 5) is 18.0. The van der Waals surface area contributed by atoms with Gasteiger partial charge in [0.05, 0.1) is 6.42 Å². The molecule has 1 atom stereocenters. The Morgan fingerprint density at radius 3 is 3.06 bits per heavy atom. The van der Waals surface area contributed by atoms with Gasteiger partial charge in [-0.05, 0) is 36.9 Å². The van der Waals surface area contributed by atoms with Crippen LogP contribution in [0.25, 0.3) is 0 Å². The van der Waals surface area contributed by atoms with E-state index in [0.717, 1.165) is 31.5 Å². The number of nitrogens with zero attached hydrogens (tertiary/aromatic N) is 2. The molecule has 1 aromatic heterocycles. The molecule has 1 aliphatic rings. The molecule has 100 valence electrons. The monoisotopic (exact) mass is 269 g/mol. The third-order valence-corrected chi connectivity index (χ3v) is 3.28. The molecule has 18 heavy (non-hydrogen) atoms. The van der Waals surface area contributed by atoms with Crippen molar-refractivity contribution in [3.63, 3.8) is 0 Å². The van der Waals surface area contributed by atoms with Crippen molar-refractivity contribution in [3.05, 3.63) is 30.1 Å². The highest BCUT2D eigenvalue weighted by atomic mass is 35.5. The number of hydrogen-bond acceptors (Lipinski definition) is 3. The number of nitrogens with two attached hydrogens (primary N) is 1. The molecule has 0 spiro atoms. The van der Waals surface area contributed by atoms with Crippen LogP contribution >= 0.6 is 12.4 Å². The van der Waals surface area contributed by atoms with Gasteiger partial charge in [0.25, 0.3) is 0 Å². The van der Waals surface area contributed by atoms with Crippen molar-refractivity contribution in [2.75, 3.05) is 19.6 Å². The minimum absolute atomic E-state index is 0. The van der Waals surface area contributed by atoms with Crippen molar-refractivity contribution in [2.45, 2.75) is 19.3 Å². The third-order valence-electron chi connectivity index (χ3n) is 3.28. The second-order valence-corrected chi connectivity index (χ2v) is 4.62. The lowest BCUT2D eigenvalue weighted by Gasteiger charge is -2.32.